The topological polar surface area (TPSA) is 42.0 Å². The van der Waals surface area contributed by atoms with Crippen molar-refractivity contribution in [2.75, 3.05) is 5.32 Å². The monoisotopic (exact) mass is 246 g/mol. The molecule has 1 aromatic carbocycles. The van der Waals surface area contributed by atoms with Crippen LogP contribution in [0.15, 0.2) is 18.2 Å². The SMILES string of the molecule is Cc1cccc2sc(NC(=O)[C@H]3C[C@@H]3C)nc12. The average molecular weight is 246 g/mol. The summed E-state index contributed by atoms with van der Waals surface area (Å²) in [6.45, 7) is 4.14. The van der Waals surface area contributed by atoms with Crippen molar-refractivity contribution in [1.82, 2.24) is 4.98 Å². The number of aromatic nitrogens is 1. The highest BCUT2D eigenvalue weighted by Gasteiger charge is 2.39. The van der Waals surface area contributed by atoms with Crippen LogP contribution in [0.5, 0.6) is 0 Å². The number of thiazole rings is 1. The minimum absolute atomic E-state index is 0.120. The van der Waals surface area contributed by atoms with Crippen molar-refractivity contribution >= 4 is 32.6 Å². The molecule has 1 aromatic heterocycles. The van der Waals surface area contributed by atoms with Gasteiger partial charge in [-0.25, -0.2) is 4.98 Å². The Morgan fingerprint density at radius 2 is 2.29 bits per heavy atom. The van der Waals surface area contributed by atoms with Gasteiger partial charge in [0, 0.05) is 5.92 Å². The van der Waals surface area contributed by atoms with Crippen LogP contribution in [0.25, 0.3) is 10.2 Å². The molecule has 1 fully saturated rings. The van der Waals surface area contributed by atoms with Crippen LogP contribution >= 0.6 is 11.3 Å². The Labute approximate surface area is 104 Å². The molecule has 1 aliphatic carbocycles. The van der Waals surface area contributed by atoms with Crippen molar-refractivity contribution in [3.63, 3.8) is 0 Å². The van der Waals surface area contributed by atoms with Crippen molar-refractivity contribution in [2.45, 2.75) is 20.3 Å². The Bertz CT molecular complexity index is 590. The van der Waals surface area contributed by atoms with E-state index >= 15 is 0 Å². The summed E-state index contributed by atoms with van der Waals surface area (Å²) in [5, 5.41) is 3.64. The number of carbonyl (C=O) groups excluding carboxylic acids is 1. The molecular formula is C13H14N2OS. The predicted octanol–water partition coefficient (Wildman–Crippen LogP) is 3.20. The lowest BCUT2D eigenvalue weighted by atomic mass is 10.2. The highest BCUT2D eigenvalue weighted by Crippen LogP contribution is 2.39. The number of aryl methyl sites for hydroxylation is 1. The minimum atomic E-state index is 0.120. The van der Waals surface area contributed by atoms with E-state index in [0.717, 1.165) is 27.3 Å². The minimum Gasteiger partial charge on any atom is -0.302 e. The van der Waals surface area contributed by atoms with Crippen molar-refractivity contribution in [3.8, 4) is 0 Å². The van der Waals surface area contributed by atoms with E-state index in [4.69, 9.17) is 0 Å². The van der Waals surface area contributed by atoms with E-state index in [-0.39, 0.29) is 11.8 Å². The lowest BCUT2D eigenvalue weighted by Gasteiger charge is -1.98. The molecule has 1 N–H and O–H groups in total. The quantitative estimate of drug-likeness (QED) is 0.884. The summed E-state index contributed by atoms with van der Waals surface area (Å²) in [4.78, 5) is 16.3. The molecule has 88 valence electrons. The van der Waals surface area contributed by atoms with Crippen molar-refractivity contribution in [3.05, 3.63) is 23.8 Å². The number of para-hydroxylation sites is 1. The number of hydrogen-bond acceptors (Lipinski definition) is 3. The third-order valence-corrected chi connectivity index (χ3v) is 4.23. The fraction of sp³-hybridized carbons (Fsp3) is 0.385. The van der Waals surface area contributed by atoms with Crippen molar-refractivity contribution in [1.29, 1.82) is 0 Å². The first kappa shape index (κ1) is 10.7. The van der Waals surface area contributed by atoms with E-state index in [1.165, 1.54) is 0 Å². The van der Waals surface area contributed by atoms with Gasteiger partial charge in [-0.3, -0.25) is 4.79 Å². The van der Waals surface area contributed by atoms with Gasteiger partial charge in [0.2, 0.25) is 5.91 Å². The van der Waals surface area contributed by atoms with Gasteiger partial charge in [0.15, 0.2) is 5.13 Å². The summed E-state index contributed by atoms with van der Waals surface area (Å²) >= 11 is 1.54. The Morgan fingerprint density at radius 3 is 2.94 bits per heavy atom. The Hall–Kier alpha value is -1.42. The largest absolute Gasteiger partial charge is 0.302 e. The smallest absolute Gasteiger partial charge is 0.229 e. The zero-order valence-corrected chi connectivity index (χ0v) is 10.7. The van der Waals surface area contributed by atoms with Gasteiger partial charge in [0.1, 0.15) is 0 Å². The van der Waals surface area contributed by atoms with Crippen LogP contribution in [0.3, 0.4) is 0 Å². The molecule has 0 spiro atoms. The van der Waals surface area contributed by atoms with Crippen LogP contribution < -0.4 is 5.32 Å². The van der Waals surface area contributed by atoms with Gasteiger partial charge >= 0.3 is 0 Å². The number of hydrogen-bond donors (Lipinski definition) is 1. The molecule has 1 aliphatic rings. The van der Waals surface area contributed by atoms with E-state index < -0.39 is 0 Å². The number of anilines is 1. The first-order valence-electron chi connectivity index (χ1n) is 5.82. The molecule has 0 saturated heterocycles. The van der Waals surface area contributed by atoms with Crippen LogP contribution in [-0.4, -0.2) is 10.9 Å². The Kier molecular flexibility index (Phi) is 2.40. The first-order chi connectivity index (χ1) is 8.15. The molecule has 0 unspecified atom stereocenters. The summed E-state index contributed by atoms with van der Waals surface area (Å²) < 4.78 is 1.13. The fourth-order valence-electron chi connectivity index (χ4n) is 2.03. The molecule has 0 aliphatic heterocycles. The van der Waals surface area contributed by atoms with Gasteiger partial charge in [0.05, 0.1) is 10.2 Å². The Morgan fingerprint density at radius 1 is 1.53 bits per heavy atom. The lowest BCUT2D eigenvalue weighted by Crippen LogP contribution is -2.14. The molecule has 2 atom stereocenters. The maximum absolute atomic E-state index is 11.8. The molecule has 0 radical (unpaired) electrons. The zero-order chi connectivity index (χ0) is 12.0. The number of carbonyl (C=O) groups is 1. The van der Waals surface area contributed by atoms with Gasteiger partial charge in [-0.1, -0.05) is 30.4 Å². The predicted molar refractivity (Wildman–Crippen MR) is 70.3 cm³/mol. The third kappa shape index (κ3) is 1.93. The van der Waals surface area contributed by atoms with Gasteiger partial charge in [-0.2, -0.15) is 0 Å². The molecule has 3 nitrogen and oxygen atoms in total. The summed E-state index contributed by atoms with van der Waals surface area (Å²) in [7, 11) is 0. The van der Waals surface area contributed by atoms with Crippen LogP contribution in [0.2, 0.25) is 0 Å². The Balaban J connectivity index is 1.86. The van der Waals surface area contributed by atoms with E-state index in [1.54, 1.807) is 11.3 Å². The molecular weight excluding hydrogens is 232 g/mol. The van der Waals surface area contributed by atoms with Gasteiger partial charge in [0.25, 0.3) is 0 Å². The lowest BCUT2D eigenvalue weighted by molar-refractivity contribution is -0.117. The first-order valence-corrected chi connectivity index (χ1v) is 6.64. The van der Waals surface area contributed by atoms with E-state index in [0.29, 0.717) is 5.92 Å². The standard InChI is InChI=1S/C13H14N2OS/c1-7-4-3-5-10-11(7)14-13(17-10)15-12(16)9-6-8(9)2/h3-5,8-9H,6H2,1-2H3,(H,14,15,16)/t8-,9-/m0/s1. The van der Waals surface area contributed by atoms with Crippen molar-refractivity contribution in [2.24, 2.45) is 11.8 Å². The number of fused-ring (bicyclic) bond motifs is 1. The second-order valence-corrected chi connectivity index (χ2v) is 5.78. The molecule has 1 heterocycles. The number of nitrogens with one attached hydrogen (secondary N) is 1. The van der Waals surface area contributed by atoms with Crippen LogP contribution in [-0.2, 0) is 4.79 Å². The molecule has 1 amide bonds. The molecule has 3 rings (SSSR count). The highest BCUT2D eigenvalue weighted by atomic mass is 32.1. The van der Waals surface area contributed by atoms with E-state index in [1.807, 2.05) is 25.1 Å². The maximum Gasteiger partial charge on any atom is 0.229 e. The number of rotatable bonds is 2. The third-order valence-electron chi connectivity index (χ3n) is 3.30. The molecule has 2 aromatic rings. The molecule has 17 heavy (non-hydrogen) atoms. The summed E-state index contributed by atoms with van der Waals surface area (Å²) in [5.74, 6) is 0.850. The second-order valence-electron chi connectivity index (χ2n) is 4.75. The molecule has 1 saturated carbocycles. The van der Waals surface area contributed by atoms with Crippen LogP contribution in [0.1, 0.15) is 18.9 Å². The molecule has 0 bridgehead atoms. The normalized spacial score (nSPS) is 22.7. The van der Waals surface area contributed by atoms with Crippen LogP contribution in [0.4, 0.5) is 5.13 Å². The number of benzene rings is 1. The number of amides is 1. The fourth-order valence-corrected chi connectivity index (χ4v) is 2.97. The van der Waals surface area contributed by atoms with E-state index in [9.17, 15) is 4.79 Å². The van der Waals surface area contributed by atoms with Gasteiger partial charge in [-0.05, 0) is 30.9 Å². The van der Waals surface area contributed by atoms with Crippen LogP contribution in [0, 0.1) is 18.8 Å². The summed E-state index contributed by atoms with van der Waals surface area (Å²) in [6, 6.07) is 6.09. The second kappa shape index (κ2) is 3.81. The highest BCUT2D eigenvalue weighted by molar-refractivity contribution is 7.22. The van der Waals surface area contributed by atoms with E-state index in [2.05, 4.69) is 17.2 Å². The van der Waals surface area contributed by atoms with Crippen molar-refractivity contribution < 1.29 is 4.79 Å². The average Bonchev–Trinajstić information content (AvgIpc) is 2.87. The zero-order valence-electron chi connectivity index (χ0n) is 9.86. The summed E-state index contributed by atoms with van der Waals surface area (Å²) in [6.07, 6.45) is 1.01. The molecule has 4 heteroatoms. The van der Waals surface area contributed by atoms with Gasteiger partial charge in [-0.15, -0.1) is 0 Å². The summed E-state index contributed by atoms with van der Waals surface area (Å²) in [5.41, 5.74) is 2.15. The number of nitrogens with zero attached hydrogens (tertiary/aromatic N) is 1. The van der Waals surface area contributed by atoms with Gasteiger partial charge < -0.3 is 5.32 Å². The maximum atomic E-state index is 11.8.